The van der Waals surface area contributed by atoms with Crippen LogP contribution in [0, 0.1) is 0 Å². The van der Waals surface area contributed by atoms with Gasteiger partial charge >= 0.3 is 0 Å². The molecule has 0 atom stereocenters. The molecule has 3 heteroatoms. The topological polar surface area (TPSA) is 40.5 Å². The van der Waals surface area contributed by atoms with Crippen LogP contribution in [0.3, 0.4) is 0 Å². The molecule has 1 saturated heterocycles. The lowest BCUT2D eigenvalue weighted by Crippen LogP contribution is -2.31. The Kier molecular flexibility index (Phi) is 17.3. The van der Waals surface area contributed by atoms with Crippen LogP contribution in [-0.4, -0.2) is 35.6 Å². The monoisotopic (exact) mass is 327 g/mol. The average Bonchev–Trinajstić information content (AvgIpc) is 2.75. The summed E-state index contributed by atoms with van der Waals surface area (Å²) in [5.74, 6) is 0.401. The molecular formula is C20H41NO2. The number of hydrogen-bond acceptors (Lipinski definition) is 2. The van der Waals surface area contributed by atoms with Crippen molar-refractivity contribution in [3.05, 3.63) is 0 Å². The fraction of sp³-hybridized carbons (Fsp3) is 0.950. The van der Waals surface area contributed by atoms with Crippen molar-refractivity contribution >= 4 is 5.91 Å². The maximum Gasteiger partial charge on any atom is 0.222 e. The van der Waals surface area contributed by atoms with Crippen molar-refractivity contribution in [2.24, 2.45) is 0 Å². The van der Waals surface area contributed by atoms with E-state index in [1.54, 1.807) is 6.92 Å². The number of rotatable bonds is 11. The van der Waals surface area contributed by atoms with Crippen LogP contribution >= 0.6 is 0 Å². The third-order valence-electron chi connectivity index (χ3n) is 4.45. The summed E-state index contributed by atoms with van der Waals surface area (Å²) in [7, 11) is 0. The van der Waals surface area contributed by atoms with E-state index in [2.05, 4.69) is 11.8 Å². The van der Waals surface area contributed by atoms with Crippen LogP contribution in [0.1, 0.15) is 104 Å². The molecule has 0 aromatic heterocycles. The van der Waals surface area contributed by atoms with Crippen LogP contribution in [0.15, 0.2) is 0 Å². The first kappa shape index (κ1) is 22.4. The summed E-state index contributed by atoms with van der Waals surface area (Å²) in [5, 5.41) is 7.57. The predicted molar refractivity (Wildman–Crippen MR) is 99.7 cm³/mol. The molecule has 23 heavy (non-hydrogen) atoms. The third-order valence-corrected chi connectivity index (χ3v) is 4.45. The Morgan fingerprint density at radius 1 is 0.826 bits per heavy atom. The van der Waals surface area contributed by atoms with E-state index in [1.807, 2.05) is 0 Å². The van der Waals surface area contributed by atoms with Gasteiger partial charge in [-0.1, -0.05) is 71.1 Å². The standard InChI is InChI=1S/C18H35NO.C2H6O/c1-2-3-4-5-6-7-8-9-10-13-16-19-17-14-11-12-15-18(19)20;1-2-3/h2-17H2,1H3;3H,2H2,1H3. The second-order valence-corrected chi connectivity index (χ2v) is 6.69. The summed E-state index contributed by atoms with van der Waals surface area (Å²) < 4.78 is 0. The maximum atomic E-state index is 11.8. The summed E-state index contributed by atoms with van der Waals surface area (Å²) in [6.45, 7) is 6.22. The van der Waals surface area contributed by atoms with Gasteiger partial charge in [-0.25, -0.2) is 0 Å². The van der Waals surface area contributed by atoms with Gasteiger partial charge in [-0.2, -0.15) is 0 Å². The molecule has 1 amide bonds. The molecule has 0 bridgehead atoms. The van der Waals surface area contributed by atoms with Crippen LogP contribution in [0.4, 0.5) is 0 Å². The molecule has 1 N–H and O–H groups in total. The summed E-state index contributed by atoms with van der Waals surface area (Å²) in [4.78, 5) is 13.9. The number of amides is 1. The lowest BCUT2D eigenvalue weighted by Gasteiger charge is -2.20. The van der Waals surface area contributed by atoms with Crippen molar-refractivity contribution in [1.82, 2.24) is 4.90 Å². The van der Waals surface area contributed by atoms with Gasteiger partial charge in [-0.3, -0.25) is 4.79 Å². The fourth-order valence-corrected chi connectivity index (χ4v) is 3.07. The smallest absolute Gasteiger partial charge is 0.222 e. The minimum atomic E-state index is 0.250. The Bertz CT molecular complexity index is 256. The van der Waals surface area contributed by atoms with Crippen molar-refractivity contribution in [3.63, 3.8) is 0 Å². The van der Waals surface area contributed by atoms with Gasteiger partial charge in [0.05, 0.1) is 0 Å². The molecule has 0 saturated carbocycles. The highest BCUT2D eigenvalue weighted by Crippen LogP contribution is 2.14. The van der Waals surface area contributed by atoms with E-state index in [1.165, 1.54) is 77.0 Å². The molecule has 1 aliphatic heterocycles. The van der Waals surface area contributed by atoms with E-state index in [0.29, 0.717) is 5.91 Å². The van der Waals surface area contributed by atoms with E-state index in [9.17, 15) is 4.79 Å². The number of aliphatic hydroxyl groups is 1. The highest BCUT2D eigenvalue weighted by molar-refractivity contribution is 5.76. The molecule has 1 heterocycles. The second kappa shape index (κ2) is 17.8. The predicted octanol–water partition coefficient (Wildman–Crippen LogP) is 5.31. The number of carbonyl (C=O) groups excluding carboxylic acids is 1. The molecule has 0 radical (unpaired) electrons. The lowest BCUT2D eigenvalue weighted by atomic mass is 10.1. The number of unbranched alkanes of at least 4 members (excludes halogenated alkanes) is 9. The van der Waals surface area contributed by atoms with E-state index in [4.69, 9.17) is 5.11 Å². The van der Waals surface area contributed by atoms with Crippen LogP contribution in [0.25, 0.3) is 0 Å². The quantitative estimate of drug-likeness (QED) is 0.522. The van der Waals surface area contributed by atoms with Crippen LogP contribution < -0.4 is 0 Å². The van der Waals surface area contributed by atoms with Crippen LogP contribution in [0.2, 0.25) is 0 Å². The number of carbonyl (C=O) groups is 1. The molecule has 3 nitrogen and oxygen atoms in total. The van der Waals surface area contributed by atoms with Gasteiger partial charge in [-0.15, -0.1) is 0 Å². The summed E-state index contributed by atoms with van der Waals surface area (Å²) in [6.07, 6.45) is 18.0. The maximum absolute atomic E-state index is 11.8. The summed E-state index contributed by atoms with van der Waals surface area (Å²) >= 11 is 0. The van der Waals surface area contributed by atoms with Gasteiger partial charge in [0.15, 0.2) is 0 Å². The van der Waals surface area contributed by atoms with Crippen LogP contribution in [-0.2, 0) is 4.79 Å². The van der Waals surface area contributed by atoms with E-state index in [0.717, 1.165) is 25.9 Å². The minimum Gasteiger partial charge on any atom is -0.397 e. The number of likely N-dealkylation sites (tertiary alicyclic amines) is 1. The molecular weight excluding hydrogens is 286 g/mol. The Hall–Kier alpha value is -0.570. The number of hydrogen-bond donors (Lipinski definition) is 1. The molecule has 0 aromatic carbocycles. The molecule has 138 valence electrons. The molecule has 1 fully saturated rings. The summed E-state index contributed by atoms with van der Waals surface area (Å²) in [6, 6.07) is 0. The van der Waals surface area contributed by atoms with Gasteiger partial charge in [0, 0.05) is 26.1 Å². The van der Waals surface area contributed by atoms with Gasteiger partial charge in [0.1, 0.15) is 0 Å². The van der Waals surface area contributed by atoms with Gasteiger partial charge in [-0.05, 0) is 26.2 Å². The highest BCUT2D eigenvalue weighted by atomic mass is 16.2. The molecule has 0 aliphatic carbocycles. The zero-order valence-electron chi connectivity index (χ0n) is 15.8. The fourth-order valence-electron chi connectivity index (χ4n) is 3.07. The summed E-state index contributed by atoms with van der Waals surface area (Å²) in [5.41, 5.74) is 0. The zero-order valence-corrected chi connectivity index (χ0v) is 15.8. The van der Waals surface area contributed by atoms with Gasteiger partial charge < -0.3 is 10.0 Å². The molecule has 0 unspecified atom stereocenters. The SMILES string of the molecule is CCCCCCCCCCCCN1CCCCCC1=O.CCO. The van der Waals surface area contributed by atoms with Crippen molar-refractivity contribution < 1.29 is 9.90 Å². The Balaban J connectivity index is 0.00000149. The van der Waals surface area contributed by atoms with Crippen molar-refractivity contribution in [3.8, 4) is 0 Å². The van der Waals surface area contributed by atoms with Crippen molar-refractivity contribution in [1.29, 1.82) is 0 Å². The minimum absolute atomic E-state index is 0.250. The molecule has 0 aromatic rings. The molecule has 0 spiro atoms. The second-order valence-electron chi connectivity index (χ2n) is 6.69. The Morgan fingerprint density at radius 2 is 1.35 bits per heavy atom. The van der Waals surface area contributed by atoms with E-state index >= 15 is 0 Å². The lowest BCUT2D eigenvalue weighted by molar-refractivity contribution is -0.130. The first-order chi connectivity index (χ1) is 11.3. The van der Waals surface area contributed by atoms with Crippen LogP contribution in [0.5, 0.6) is 0 Å². The van der Waals surface area contributed by atoms with E-state index < -0.39 is 0 Å². The Labute approximate surface area is 144 Å². The highest BCUT2D eigenvalue weighted by Gasteiger charge is 2.15. The first-order valence-corrected chi connectivity index (χ1v) is 10.1. The Morgan fingerprint density at radius 3 is 1.91 bits per heavy atom. The largest absolute Gasteiger partial charge is 0.397 e. The number of nitrogens with zero attached hydrogens (tertiary/aromatic N) is 1. The third kappa shape index (κ3) is 14.7. The number of aliphatic hydroxyl groups excluding tert-OH is 1. The van der Waals surface area contributed by atoms with Crippen molar-refractivity contribution in [2.45, 2.75) is 104 Å². The molecule has 1 rings (SSSR count). The van der Waals surface area contributed by atoms with E-state index in [-0.39, 0.29) is 6.61 Å². The zero-order chi connectivity index (χ0) is 17.2. The normalized spacial score (nSPS) is 15.1. The van der Waals surface area contributed by atoms with Gasteiger partial charge in [0.25, 0.3) is 0 Å². The average molecular weight is 328 g/mol. The molecule has 1 aliphatic rings. The first-order valence-electron chi connectivity index (χ1n) is 10.1. The van der Waals surface area contributed by atoms with Gasteiger partial charge in [0.2, 0.25) is 5.91 Å². The van der Waals surface area contributed by atoms with Crippen molar-refractivity contribution in [2.75, 3.05) is 19.7 Å².